The first kappa shape index (κ1) is 36.3. The third kappa shape index (κ3) is 9.09. The highest BCUT2D eigenvalue weighted by Crippen LogP contribution is 2.31. The van der Waals surface area contributed by atoms with E-state index in [1.165, 1.54) is 11.8 Å². The van der Waals surface area contributed by atoms with Gasteiger partial charge >= 0.3 is 0 Å². The molecule has 10 nitrogen and oxygen atoms in total. The molecule has 3 heterocycles. The Kier molecular flexibility index (Phi) is 12.9. The lowest BCUT2D eigenvalue weighted by atomic mass is 9.96. The lowest BCUT2D eigenvalue weighted by Gasteiger charge is -2.28. The molecule has 3 aromatic heterocycles. The number of hydrogen-bond acceptors (Lipinski definition) is 7. The highest BCUT2D eigenvalue weighted by molar-refractivity contribution is 9.10. The van der Waals surface area contributed by atoms with Gasteiger partial charge in [0.2, 0.25) is 11.8 Å². The largest absolute Gasteiger partial charge is 0.329 e. The van der Waals surface area contributed by atoms with Gasteiger partial charge in [0.25, 0.3) is 0 Å². The number of aryl methyl sites for hydroxylation is 3. The molecule has 48 heavy (non-hydrogen) atoms. The van der Waals surface area contributed by atoms with Crippen molar-refractivity contribution in [3.05, 3.63) is 89.2 Å². The zero-order valence-corrected chi connectivity index (χ0v) is 29.8. The van der Waals surface area contributed by atoms with E-state index in [1.807, 2.05) is 32.1 Å². The van der Waals surface area contributed by atoms with Crippen molar-refractivity contribution < 1.29 is 14.4 Å². The monoisotopic (exact) mass is 713 g/mol. The smallest absolute Gasteiger partial charge is 0.248 e. The van der Waals surface area contributed by atoms with Gasteiger partial charge in [-0.25, -0.2) is 15.0 Å². The Hall–Kier alpha value is -4.51. The normalized spacial score (nSPS) is 11.7. The Bertz CT molecular complexity index is 1800. The van der Waals surface area contributed by atoms with Gasteiger partial charge < -0.3 is 10.2 Å². The summed E-state index contributed by atoms with van der Waals surface area (Å²) in [5, 5.41) is 8.25. The van der Waals surface area contributed by atoms with E-state index in [-0.39, 0.29) is 30.7 Å². The van der Waals surface area contributed by atoms with Crippen LogP contribution in [0.1, 0.15) is 79.8 Å². The molecule has 1 unspecified atom stereocenters. The minimum absolute atomic E-state index is 0.147. The lowest BCUT2D eigenvalue weighted by Crippen LogP contribution is -2.47. The van der Waals surface area contributed by atoms with Crippen LogP contribution in [0.2, 0.25) is 0 Å². The number of benzene rings is 1. The highest BCUT2D eigenvalue weighted by Gasteiger charge is 2.28. The summed E-state index contributed by atoms with van der Waals surface area (Å²) in [7, 11) is 0. The molecular formula is C37H44BrN7O3. The standard InChI is InChI=1S/C37H44BrN7O3/c1-7-9-11-12-13-14-15-28-19-29(30-21-39-27(6)40-22-30)20-31-34(26(5)46)43-45(35(28)31)23-33(47)44(18-10-8-2)25(4)37(48)42-36-24(3)16-17-32(38)41-36/h7-8,16-17,19-22,25H,1-2,9-15,18,23H2,3-6H3,(H,41,42,48). The Balaban J connectivity index is 1.71. The Morgan fingerprint density at radius 1 is 1.00 bits per heavy atom. The molecule has 0 aliphatic heterocycles. The maximum Gasteiger partial charge on any atom is 0.248 e. The van der Waals surface area contributed by atoms with Crippen LogP contribution >= 0.6 is 15.9 Å². The summed E-state index contributed by atoms with van der Waals surface area (Å²) in [6.07, 6.45) is 13.6. The van der Waals surface area contributed by atoms with Crippen LogP contribution in [0.3, 0.4) is 0 Å². The fraction of sp³-hybridized carbons (Fsp3) is 0.378. The average Bonchev–Trinajstić information content (AvgIpc) is 3.43. The molecule has 1 atom stereocenters. The predicted octanol–water partition coefficient (Wildman–Crippen LogP) is 7.58. The quantitative estimate of drug-likeness (QED) is 0.0518. The van der Waals surface area contributed by atoms with E-state index in [9.17, 15) is 14.4 Å². The van der Waals surface area contributed by atoms with Gasteiger partial charge in [-0.05, 0) is 104 Å². The molecule has 1 aromatic carbocycles. The second-order valence-corrected chi connectivity index (χ2v) is 12.8. The lowest BCUT2D eigenvalue weighted by molar-refractivity contribution is -0.138. The molecule has 1 N–H and O–H groups in total. The van der Waals surface area contributed by atoms with Crippen molar-refractivity contribution in [2.24, 2.45) is 0 Å². The first-order valence-corrected chi connectivity index (χ1v) is 17.1. The molecule has 0 radical (unpaired) electrons. The van der Waals surface area contributed by atoms with E-state index in [0.29, 0.717) is 33.7 Å². The van der Waals surface area contributed by atoms with Gasteiger partial charge in [-0.1, -0.05) is 31.1 Å². The fourth-order valence-corrected chi connectivity index (χ4v) is 5.92. The van der Waals surface area contributed by atoms with Gasteiger partial charge in [0.05, 0.1) is 5.52 Å². The number of pyridine rings is 1. The van der Waals surface area contributed by atoms with E-state index >= 15 is 0 Å². The second kappa shape index (κ2) is 17.1. The van der Waals surface area contributed by atoms with E-state index in [4.69, 9.17) is 5.10 Å². The molecule has 4 aromatic rings. The van der Waals surface area contributed by atoms with Crippen molar-refractivity contribution in [3.63, 3.8) is 0 Å². The molecule has 0 spiro atoms. The molecule has 0 saturated carbocycles. The van der Waals surface area contributed by atoms with Crippen LogP contribution in [0, 0.1) is 13.8 Å². The predicted molar refractivity (Wildman–Crippen MR) is 194 cm³/mol. The molecule has 0 fully saturated rings. The number of rotatable bonds is 17. The maximum atomic E-state index is 14.1. The molecular weight excluding hydrogens is 670 g/mol. The summed E-state index contributed by atoms with van der Waals surface area (Å²) in [6.45, 7) is 14.6. The molecule has 2 amide bonds. The van der Waals surface area contributed by atoms with Gasteiger partial charge in [0, 0.05) is 36.8 Å². The molecule has 252 valence electrons. The van der Waals surface area contributed by atoms with Crippen LogP contribution in [0.5, 0.6) is 0 Å². The minimum atomic E-state index is -0.810. The third-order valence-electron chi connectivity index (χ3n) is 8.31. The van der Waals surface area contributed by atoms with Crippen LogP contribution in [0.25, 0.3) is 22.0 Å². The fourth-order valence-electron chi connectivity index (χ4n) is 5.61. The van der Waals surface area contributed by atoms with Crippen molar-refractivity contribution in [1.29, 1.82) is 0 Å². The highest BCUT2D eigenvalue weighted by atomic mass is 79.9. The maximum absolute atomic E-state index is 14.1. The van der Waals surface area contributed by atoms with Gasteiger partial charge in [-0.15, -0.1) is 13.2 Å². The number of ketones is 1. The summed E-state index contributed by atoms with van der Waals surface area (Å²) >= 11 is 3.35. The van der Waals surface area contributed by atoms with Crippen molar-refractivity contribution in [2.45, 2.75) is 85.2 Å². The molecule has 0 bridgehead atoms. The number of hydrogen-bond donors (Lipinski definition) is 1. The van der Waals surface area contributed by atoms with Gasteiger partial charge in [0.15, 0.2) is 5.78 Å². The van der Waals surface area contributed by atoms with Crippen LogP contribution in [-0.4, -0.2) is 59.8 Å². The Morgan fingerprint density at radius 2 is 1.71 bits per heavy atom. The van der Waals surface area contributed by atoms with E-state index in [0.717, 1.165) is 66.3 Å². The SMILES string of the molecule is C=CCCCCCCc1cc(-c2cnc(C)nc2)cc2c(C(C)=O)nn(CC(=O)N(CCC=C)C(C)C(=O)Nc3nc(Br)ccc3C)c12. The number of nitrogens with one attached hydrogen (secondary N) is 1. The number of anilines is 1. The average molecular weight is 715 g/mol. The first-order chi connectivity index (χ1) is 23.0. The van der Waals surface area contributed by atoms with Crippen LogP contribution in [0.15, 0.2) is 66.6 Å². The number of carbonyl (C=O) groups excluding carboxylic acids is 3. The number of fused-ring (bicyclic) bond motifs is 1. The number of nitrogens with zero attached hydrogens (tertiary/aromatic N) is 6. The van der Waals surface area contributed by atoms with E-state index < -0.39 is 6.04 Å². The van der Waals surface area contributed by atoms with Gasteiger partial charge in [0.1, 0.15) is 34.5 Å². The summed E-state index contributed by atoms with van der Waals surface area (Å²) in [5.74, 6) is 0.224. The first-order valence-electron chi connectivity index (χ1n) is 16.3. The number of Topliss-reactive ketones (excluding diaryl/α,β-unsaturated/α-hetero) is 1. The summed E-state index contributed by atoms with van der Waals surface area (Å²) in [5.41, 5.74) is 4.53. The number of allylic oxidation sites excluding steroid dienone is 1. The minimum Gasteiger partial charge on any atom is -0.329 e. The third-order valence-corrected chi connectivity index (χ3v) is 8.75. The number of carbonyl (C=O) groups is 3. The number of amides is 2. The van der Waals surface area contributed by atoms with E-state index in [1.54, 1.807) is 36.1 Å². The Labute approximate surface area is 290 Å². The second-order valence-electron chi connectivity index (χ2n) is 12.0. The Morgan fingerprint density at radius 3 is 2.40 bits per heavy atom. The molecule has 4 rings (SSSR count). The zero-order valence-electron chi connectivity index (χ0n) is 28.3. The number of unbranched alkanes of at least 4 members (excludes halogenated alkanes) is 4. The van der Waals surface area contributed by atoms with Crippen LogP contribution < -0.4 is 5.32 Å². The summed E-state index contributed by atoms with van der Waals surface area (Å²) in [4.78, 5) is 55.1. The van der Waals surface area contributed by atoms with E-state index in [2.05, 4.69) is 55.4 Å². The number of aromatic nitrogens is 5. The summed E-state index contributed by atoms with van der Waals surface area (Å²) < 4.78 is 2.22. The summed E-state index contributed by atoms with van der Waals surface area (Å²) in [6, 6.07) is 6.86. The molecule has 0 aliphatic carbocycles. The van der Waals surface area contributed by atoms with Crippen molar-refractivity contribution >= 4 is 50.2 Å². The van der Waals surface area contributed by atoms with Gasteiger partial charge in [-0.3, -0.25) is 19.1 Å². The van der Waals surface area contributed by atoms with Crippen molar-refractivity contribution in [3.8, 4) is 11.1 Å². The topological polar surface area (TPSA) is 123 Å². The van der Waals surface area contributed by atoms with Crippen molar-refractivity contribution in [1.82, 2.24) is 29.6 Å². The zero-order chi connectivity index (χ0) is 34.8. The van der Waals surface area contributed by atoms with Crippen LogP contribution in [-0.2, 0) is 22.6 Å². The van der Waals surface area contributed by atoms with Crippen LogP contribution in [0.4, 0.5) is 5.82 Å². The van der Waals surface area contributed by atoms with Crippen molar-refractivity contribution in [2.75, 3.05) is 11.9 Å². The number of halogens is 1. The molecule has 0 saturated heterocycles. The van der Waals surface area contributed by atoms with Gasteiger partial charge in [-0.2, -0.15) is 5.10 Å². The molecule has 0 aliphatic rings. The molecule has 11 heteroatoms.